The average molecular weight is 471 g/mol. The van der Waals surface area contributed by atoms with Gasteiger partial charge in [0.25, 0.3) is 10.0 Å². The van der Waals surface area contributed by atoms with Crippen molar-refractivity contribution in [3.05, 3.63) is 88.4 Å². The van der Waals surface area contributed by atoms with Gasteiger partial charge in [0.2, 0.25) is 5.91 Å². The molecule has 0 saturated heterocycles. The van der Waals surface area contributed by atoms with Crippen LogP contribution in [-0.4, -0.2) is 26.7 Å². The van der Waals surface area contributed by atoms with Crippen molar-refractivity contribution in [3.8, 4) is 0 Å². The fourth-order valence-corrected chi connectivity index (χ4v) is 4.89. The van der Waals surface area contributed by atoms with Crippen LogP contribution in [0.25, 0.3) is 0 Å². The number of rotatable bonds is 7. The minimum atomic E-state index is -4.04. The number of carbonyl (C=O) groups excluding carboxylic acids is 2. The van der Waals surface area contributed by atoms with E-state index < -0.39 is 22.5 Å². The lowest BCUT2D eigenvalue weighted by Crippen LogP contribution is -2.38. The Hall–Kier alpha value is -3.16. The van der Waals surface area contributed by atoms with E-state index >= 15 is 0 Å². The monoisotopic (exact) mass is 470 g/mol. The number of carbonyl (C=O) groups is 2. The summed E-state index contributed by atoms with van der Waals surface area (Å²) in [6.07, 6.45) is 0. The number of nitrogens with one attached hydrogen (secondary N) is 1. The quantitative estimate of drug-likeness (QED) is 0.493. The Balaban J connectivity index is 1.97. The Morgan fingerprint density at radius 1 is 0.969 bits per heavy atom. The lowest BCUT2D eigenvalue weighted by Gasteiger charge is -2.26. The van der Waals surface area contributed by atoms with Crippen LogP contribution in [0.15, 0.2) is 71.6 Å². The summed E-state index contributed by atoms with van der Waals surface area (Å²) in [7, 11) is -4.04. The highest BCUT2D eigenvalue weighted by molar-refractivity contribution is 7.92. The van der Waals surface area contributed by atoms with E-state index in [1.54, 1.807) is 61.5 Å². The molecule has 0 radical (unpaired) electrons. The zero-order valence-electron chi connectivity index (χ0n) is 17.9. The van der Waals surface area contributed by atoms with Crippen LogP contribution in [0.5, 0.6) is 0 Å². The first kappa shape index (κ1) is 23.5. The second-order valence-corrected chi connectivity index (χ2v) is 9.74. The van der Waals surface area contributed by atoms with Crippen LogP contribution in [0.2, 0.25) is 5.02 Å². The highest BCUT2D eigenvalue weighted by Gasteiger charge is 2.28. The maximum absolute atomic E-state index is 13.5. The van der Waals surface area contributed by atoms with Crippen molar-refractivity contribution in [2.75, 3.05) is 16.2 Å². The largest absolute Gasteiger partial charge is 0.324 e. The van der Waals surface area contributed by atoms with E-state index in [1.807, 2.05) is 6.92 Å². The predicted octanol–water partition coefficient (Wildman–Crippen LogP) is 4.99. The third-order valence-corrected chi connectivity index (χ3v) is 6.89. The number of aryl methyl sites for hydroxylation is 2. The van der Waals surface area contributed by atoms with Crippen LogP contribution < -0.4 is 9.62 Å². The normalized spacial score (nSPS) is 11.1. The van der Waals surface area contributed by atoms with Crippen LogP contribution in [0, 0.1) is 13.8 Å². The summed E-state index contributed by atoms with van der Waals surface area (Å²) in [5.74, 6) is -0.683. The molecule has 32 heavy (non-hydrogen) atoms. The Kier molecular flexibility index (Phi) is 7.01. The zero-order valence-corrected chi connectivity index (χ0v) is 19.5. The molecule has 0 spiro atoms. The van der Waals surface area contributed by atoms with Gasteiger partial charge in [-0.15, -0.1) is 0 Å². The summed E-state index contributed by atoms with van der Waals surface area (Å²) in [4.78, 5) is 24.5. The van der Waals surface area contributed by atoms with Crippen molar-refractivity contribution >= 4 is 44.7 Å². The lowest BCUT2D eigenvalue weighted by atomic mass is 10.1. The first-order chi connectivity index (χ1) is 15.1. The van der Waals surface area contributed by atoms with Crippen molar-refractivity contribution in [2.24, 2.45) is 0 Å². The van der Waals surface area contributed by atoms with E-state index in [2.05, 4.69) is 5.32 Å². The summed E-state index contributed by atoms with van der Waals surface area (Å²) in [6.45, 7) is 4.57. The summed E-state index contributed by atoms with van der Waals surface area (Å²) < 4.78 is 28.0. The smallest absolute Gasteiger partial charge is 0.264 e. The van der Waals surface area contributed by atoms with Crippen molar-refractivity contribution < 1.29 is 18.0 Å². The Morgan fingerprint density at radius 3 is 2.28 bits per heavy atom. The van der Waals surface area contributed by atoms with Crippen molar-refractivity contribution in [2.45, 2.75) is 25.7 Å². The number of ketones is 1. The van der Waals surface area contributed by atoms with Gasteiger partial charge in [-0.3, -0.25) is 13.9 Å². The van der Waals surface area contributed by atoms with E-state index in [-0.39, 0.29) is 10.7 Å². The Labute approximate surface area is 192 Å². The minimum absolute atomic E-state index is 0.0730. The van der Waals surface area contributed by atoms with Gasteiger partial charge < -0.3 is 5.32 Å². The number of amides is 1. The number of benzene rings is 3. The molecule has 0 bridgehead atoms. The fraction of sp³-hybridized carbons (Fsp3) is 0.167. The average Bonchev–Trinajstić information content (AvgIpc) is 2.73. The third kappa shape index (κ3) is 5.36. The summed E-state index contributed by atoms with van der Waals surface area (Å²) in [5, 5.41) is 3.14. The van der Waals surface area contributed by atoms with Crippen LogP contribution in [0.3, 0.4) is 0 Å². The van der Waals surface area contributed by atoms with Gasteiger partial charge in [-0.2, -0.15) is 0 Å². The van der Waals surface area contributed by atoms with Crippen molar-refractivity contribution in [3.63, 3.8) is 0 Å². The van der Waals surface area contributed by atoms with E-state index in [9.17, 15) is 18.0 Å². The first-order valence-electron chi connectivity index (χ1n) is 9.84. The zero-order chi connectivity index (χ0) is 23.5. The number of nitrogens with zero attached hydrogens (tertiary/aromatic N) is 1. The number of anilines is 2. The summed E-state index contributed by atoms with van der Waals surface area (Å²) in [6, 6.07) is 17.7. The van der Waals surface area contributed by atoms with Gasteiger partial charge in [0, 0.05) is 16.3 Å². The topological polar surface area (TPSA) is 83.6 Å². The van der Waals surface area contributed by atoms with Crippen LogP contribution in [-0.2, 0) is 14.8 Å². The van der Waals surface area contributed by atoms with E-state index in [0.29, 0.717) is 27.5 Å². The molecule has 1 N–H and O–H groups in total. The van der Waals surface area contributed by atoms with Gasteiger partial charge in [0.15, 0.2) is 5.78 Å². The molecule has 0 fully saturated rings. The first-order valence-corrected chi connectivity index (χ1v) is 11.7. The molecule has 6 nitrogen and oxygen atoms in total. The fourth-order valence-electron chi connectivity index (χ4n) is 3.18. The van der Waals surface area contributed by atoms with Gasteiger partial charge in [-0.25, -0.2) is 8.42 Å². The number of sulfonamides is 1. The molecular formula is C24H23ClN2O4S. The maximum atomic E-state index is 13.5. The predicted molar refractivity (Wildman–Crippen MR) is 127 cm³/mol. The molecule has 3 aromatic carbocycles. The van der Waals surface area contributed by atoms with Crippen LogP contribution in [0.4, 0.5) is 11.4 Å². The van der Waals surface area contributed by atoms with Crippen molar-refractivity contribution in [1.29, 1.82) is 0 Å². The molecule has 0 unspecified atom stereocenters. The number of halogens is 1. The highest BCUT2D eigenvalue weighted by Crippen LogP contribution is 2.29. The molecule has 3 rings (SSSR count). The van der Waals surface area contributed by atoms with E-state index in [1.165, 1.54) is 19.1 Å². The molecule has 0 saturated carbocycles. The van der Waals surface area contributed by atoms with Gasteiger partial charge in [-0.05, 0) is 68.8 Å². The summed E-state index contributed by atoms with van der Waals surface area (Å²) in [5.41, 5.74) is 2.73. The number of hydrogen-bond donors (Lipinski definition) is 1. The van der Waals surface area contributed by atoms with Gasteiger partial charge in [0.1, 0.15) is 6.54 Å². The van der Waals surface area contributed by atoms with Gasteiger partial charge in [-0.1, -0.05) is 41.4 Å². The maximum Gasteiger partial charge on any atom is 0.264 e. The molecule has 0 aliphatic carbocycles. The molecule has 0 aliphatic heterocycles. The number of Topliss-reactive ketones (excluding diaryl/α,β-unsaturated/α-hetero) is 1. The molecule has 0 aromatic heterocycles. The molecular weight excluding hydrogens is 448 g/mol. The van der Waals surface area contributed by atoms with Crippen LogP contribution in [0.1, 0.15) is 28.4 Å². The molecule has 8 heteroatoms. The molecule has 0 atom stereocenters. The van der Waals surface area contributed by atoms with Crippen molar-refractivity contribution in [1.82, 2.24) is 0 Å². The standard InChI is InChI=1S/C24H23ClN2O4S/c1-16-7-10-22(11-8-16)32(30,31)27(23-12-9-20(25)13-17(23)2)15-24(29)26-21-6-4-5-19(14-21)18(3)28/h4-14H,15H2,1-3H3,(H,26,29). The molecule has 0 aliphatic rings. The lowest BCUT2D eigenvalue weighted by molar-refractivity contribution is -0.114. The Morgan fingerprint density at radius 2 is 1.66 bits per heavy atom. The second kappa shape index (κ2) is 9.54. The Bertz CT molecular complexity index is 1270. The molecule has 3 aromatic rings. The molecule has 1 amide bonds. The van der Waals surface area contributed by atoms with Crippen LogP contribution >= 0.6 is 11.6 Å². The SMILES string of the molecule is CC(=O)c1cccc(NC(=O)CN(c2ccc(Cl)cc2C)S(=O)(=O)c2ccc(C)cc2)c1. The van der Waals surface area contributed by atoms with Gasteiger partial charge in [0.05, 0.1) is 10.6 Å². The van der Waals surface area contributed by atoms with E-state index in [4.69, 9.17) is 11.6 Å². The minimum Gasteiger partial charge on any atom is -0.324 e. The highest BCUT2D eigenvalue weighted by atomic mass is 35.5. The molecule has 0 heterocycles. The number of hydrogen-bond acceptors (Lipinski definition) is 4. The van der Waals surface area contributed by atoms with Gasteiger partial charge >= 0.3 is 0 Å². The van der Waals surface area contributed by atoms with E-state index in [0.717, 1.165) is 9.87 Å². The second-order valence-electron chi connectivity index (χ2n) is 7.44. The summed E-state index contributed by atoms with van der Waals surface area (Å²) >= 11 is 6.05. The molecule has 166 valence electrons. The third-order valence-electron chi connectivity index (χ3n) is 4.88.